The van der Waals surface area contributed by atoms with Gasteiger partial charge in [0.05, 0.1) is 16.4 Å². The summed E-state index contributed by atoms with van der Waals surface area (Å²) in [6.45, 7) is 4.07. The van der Waals surface area contributed by atoms with Crippen LogP contribution in [0.5, 0.6) is 0 Å². The molecule has 0 aliphatic carbocycles. The lowest BCUT2D eigenvalue weighted by Gasteiger charge is -2.14. The number of benzene rings is 2. The molecule has 0 saturated heterocycles. The maximum Gasteiger partial charge on any atom is 0.269 e. The summed E-state index contributed by atoms with van der Waals surface area (Å²) in [5, 5.41) is 14.6. The van der Waals surface area contributed by atoms with Crippen LogP contribution in [-0.2, 0) is 16.6 Å². The molecule has 3 aromatic rings. The van der Waals surface area contributed by atoms with Gasteiger partial charge >= 0.3 is 0 Å². The van der Waals surface area contributed by atoms with Gasteiger partial charge in [0.15, 0.2) is 0 Å². The first-order valence-electron chi connectivity index (χ1n) is 8.82. The highest BCUT2D eigenvalue weighted by atomic mass is 32.2. The van der Waals surface area contributed by atoms with Crippen molar-refractivity contribution < 1.29 is 17.9 Å². The lowest BCUT2D eigenvalue weighted by Crippen LogP contribution is -2.26. The normalized spacial score (nSPS) is 11.9. The second-order valence-corrected chi connectivity index (χ2v) is 8.85. The predicted molar refractivity (Wildman–Crippen MR) is 106 cm³/mol. The molecule has 10 heteroatoms. The molecule has 1 aromatic heterocycles. The Hall–Kier alpha value is -3.11. The second kappa shape index (κ2) is 8.10. The van der Waals surface area contributed by atoms with Crippen LogP contribution >= 0.6 is 0 Å². The minimum absolute atomic E-state index is 0.0605. The molecular formula is C19H20N4O5S. The Kier molecular flexibility index (Phi) is 5.76. The number of hydrogen-bond acceptors (Lipinski definition) is 7. The molecule has 0 aliphatic heterocycles. The number of nitro benzene ring substituents is 1. The van der Waals surface area contributed by atoms with Crippen molar-refractivity contribution in [3.05, 3.63) is 70.1 Å². The van der Waals surface area contributed by atoms with Gasteiger partial charge < -0.3 is 4.52 Å². The van der Waals surface area contributed by atoms with Gasteiger partial charge in [-0.3, -0.25) is 10.1 Å². The lowest BCUT2D eigenvalue weighted by molar-refractivity contribution is -0.384. The van der Waals surface area contributed by atoms with Crippen molar-refractivity contribution >= 4 is 15.7 Å². The van der Waals surface area contributed by atoms with Crippen LogP contribution in [0.25, 0.3) is 11.4 Å². The van der Waals surface area contributed by atoms with Crippen LogP contribution in [0.4, 0.5) is 5.69 Å². The van der Waals surface area contributed by atoms with Gasteiger partial charge in [0, 0.05) is 24.7 Å². The summed E-state index contributed by atoms with van der Waals surface area (Å²) in [5.41, 5.74) is 1.77. The molecule has 0 fully saturated rings. The van der Waals surface area contributed by atoms with Crippen LogP contribution in [-0.4, -0.2) is 34.8 Å². The Bertz CT molecular complexity index is 1110. The van der Waals surface area contributed by atoms with Crippen LogP contribution in [0, 0.1) is 10.1 Å². The third-order valence-electron chi connectivity index (χ3n) is 4.42. The van der Waals surface area contributed by atoms with Crippen LogP contribution in [0.3, 0.4) is 0 Å². The quantitative estimate of drug-likeness (QED) is 0.426. The van der Waals surface area contributed by atoms with E-state index in [0.717, 1.165) is 22.0 Å². The zero-order chi connectivity index (χ0) is 21.2. The molecular weight excluding hydrogens is 396 g/mol. The van der Waals surface area contributed by atoms with Crippen LogP contribution in [0.1, 0.15) is 31.2 Å². The molecule has 1 heterocycles. The number of hydrogen-bond donors (Lipinski definition) is 0. The minimum Gasteiger partial charge on any atom is -0.338 e. The Morgan fingerprint density at radius 2 is 1.72 bits per heavy atom. The molecule has 0 spiro atoms. The SMILES string of the molecule is CC(C)c1ccc(-c2noc(CN(C)S(=O)(=O)c3ccc([N+](=O)[O-])cc3)n2)cc1. The first-order valence-corrected chi connectivity index (χ1v) is 10.3. The molecule has 152 valence electrons. The molecule has 0 radical (unpaired) electrons. The smallest absolute Gasteiger partial charge is 0.269 e. The predicted octanol–water partition coefficient (Wildman–Crippen LogP) is 3.59. The van der Waals surface area contributed by atoms with E-state index in [1.807, 2.05) is 24.3 Å². The summed E-state index contributed by atoms with van der Waals surface area (Å²) in [6.07, 6.45) is 0. The lowest BCUT2D eigenvalue weighted by atomic mass is 10.0. The molecule has 0 amide bonds. The fraction of sp³-hybridized carbons (Fsp3) is 0.263. The molecule has 2 aromatic carbocycles. The van der Waals surface area contributed by atoms with Gasteiger partial charge in [-0.1, -0.05) is 43.3 Å². The first-order chi connectivity index (χ1) is 13.7. The van der Waals surface area contributed by atoms with E-state index in [-0.39, 0.29) is 23.0 Å². The third kappa shape index (κ3) is 4.49. The summed E-state index contributed by atoms with van der Waals surface area (Å²) in [6, 6.07) is 12.4. The Morgan fingerprint density at radius 3 is 2.28 bits per heavy atom. The number of non-ortho nitro benzene ring substituents is 1. The van der Waals surface area contributed by atoms with E-state index in [1.165, 1.54) is 24.7 Å². The van der Waals surface area contributed by atoms with Crippen molar-refractivity contribution in [3.63, 3.8) is 0 Å². The fourth-order valence-electron chi connectivity index (χ4n) is 2.65. The van der Waals surface area contributed by atoms with Gasteiger partial charge in [0.2, 0.25) is 21.7 Å². The van der Waals surface area contributed by atoms with E-state index in [0.29, 0.717) is 11.7 Å². The molecule has 0 unspecified atom stereocenters. The Labute approximate surface area is 168 Å². The van der Waals surface area contributed by atoms with Crippen LogP contribution < -0.4 is 0 Å². The molecule has 0 bridgehead atoms. The fourth-order valence-corrected chi connectivity index (χ4v) is 3.77. The van der Waals surface area contributed by atoms with Gasteiger partial charge in [0.1, 0.15) is 0 Å². The second-order valence-electron chi connectivity index (χ2n) is 6.80. The van der Waals surface area contributed by atoms with Gasteiger partial charge in [-0.15, -0.1) is 0 Å². The number of rotatable bonds is 7. The minimum atomic E-state index is -3.87. The largest absolute Gasteiger partial charge is 0.338 e. The topological polar surface area (TPSA) is 119 Å². The van der Waals surface area contributed by atoms with E-state index in [1.54, 1.807) is 0 Å². The van der Waals surface area contributed by atoms with Crippen molar-refractivity contribution in [1.29, 1.82) is 0 Å². The number of nitro groups is 1. The molecule has 3 rings (SSSR count). The average molecular weight is 416 g/mol. The van der Waals surface area contributed by atoms with Crippen LogP contribution in [0.15, 0.2) is 57.9 Å². The highest BCUT2D eigenvalue weighted by Crippen LogP contribution is 2.22. The monoisotopic (exact) mass is 416 g/mol. The molecule has 29 heavy (non-hydrogen) atoms. The number of sulfonamides is 1. The maximum atomic E-state index is 12.7. The summed E-state index contributed by atoms with van der Waals surface area (Å²) in [5.74, 6) is 0.917. The molecule has 0 saturated carbocycles. The zero-order valence-corrected chi connectivity index (χ0v) is 17.0. The van der Waals surface area contributed by atoms with Crippen molar-refractivity contribution in [3.8, 4) is 11.4 Å². The first kappa shape index (κ1) is 20.6. The molecule has 0 aliphatic rings. The van der Waals surface area contributed by atoms with Gasteiger partial charge in [-0.05, 0) is 23.6 Å². The summed E-state index contributed by atoms with van der Waals surface area (Å²) in [7, 11) is -2.49. The van der Waals surface area contributed by atoms with Gasteiger partial charge in [-0.25, -0.2) is 8.42 Å². The Morgan fingerprint density at radius 1 is 1.10 bits per heavy atom. The highest BCUT2D eigenvalue weighted by Gasteiger charge is 2.24. The third-order valence-corrected chi connectivity index (χ3v) is 6.23. The standard InChI is InChI=1S/C19H20N4O5S/c1-13(2)14-4-6-15(7-5-14)19-20-18(28-21-19)12-22(3)29(26,27)17-10-8-16(9-11-17)23(24)25/h4-11,13H,12H2,1-3H3. The van der Waals surface area contributed by atoms with Crippen LogP contribution in [0.2, 0.25) is 0 Å². The van der Waals surface area contributed by atoms with E-state index >= 15 is 0 Å². The van der Waals surface area contributed by atoms with E-state index < -0.39 is 14.9 Å². The summed E-state index contributed by atoms with van der Waals surface area (Å²) < 4.78 is 31.6. The number of aromatic nitrogens is 2. The molecule has 0 atom stereocenters. The molecule has 9 nitrogen and oxygen atoms in total. The summed E-state index contributed by atoms with van der Waals surface area (Å²) in [4.78, 5) is 14.3. The highest BCUT2D eigenvalue weighted by molar-refractivity contribution is 7.89. The van der Waals surface area contributed by atoms with E-state index in [4.69, 9.17) is 4.52 Å². The van der Waals surface area contributed by atoms with E-state index in [9.17, 15) is 18.5 Å². The zero-order valence-electron chi connectivity index (χ0n) is 16.1. The van der Waals surface area contributed by atoms with Crippen molar-refractivity contribution in [2.75, 3.05) is 7.05 Å². The number of nitrogens with zero attached hydrogens (tertiary/aromatic N) is 4. The maximum absolute atomic E-state index is 12.7. The van der Waals surface area contributed by atoms with Crippen molar-refractivity contribution in [2.45, 2.75) is 31.2 Å². The van der Waals surface area contributed by atoms with Crippen molar-refractivity contribution in [1.82, 2.24) is 14.4 Å². The Balaban J connectivity index is 1.75. The summed E-state index contributed by atoms with van der Waals surface area (Å²) >= 11 is 0. The van der Waals surface area contributed by atoms with E-state index in [2.05, 4.69) is 24.0 Å². The van der Waals surface area contributed by atoms with Gasteiger partial charge in [-0.2, -0.15) is 9.29 Å². The average Bonchev–Trinajstić information content (AvgIpc) is 3.16. The van der Waals surface area contributed by atoms with Crippen molar-refractivity contribution in [2.24, 2.45) is 0 Å². The van der Waals surface area contributed by atoms with Gasteiger partial charge in [0.25, 0.3) is 5.69 Å². The molecule has 0 N–H and O–H groups in total.